The number of nitrogens with zero attached hydrogens (tertiary/aromatic N) is 1. The third-order valence-corrected chi connectivity index (χ3v) is 4.29. The maximum Gasteiger partial charge on any atom is 0.124 e. The van der Waals surface area contributed by atoms with Crippen molar-refractivity contribution in [1.29, 1.82) is 5.41 Å². The van der Waals surface area contributed by atoms with Crippen molar-refractivity contribution in [3.8, 4) is 5.75 Å². The molecule has 7 heteroatoms. The summed E-state index contributed by atoms with van der Waals surface area (Å²) in [7, 11) is 1.82. The number of rotatable bonds is 5. The molecular weight excluding hydrogens is 436 g/mol. The van der Waals surface area contributed by atoms with E-state index < -0.39 is 0 Å². The van der Waals surface area contributed by atoms with Crippen molar-refractivity contribution in [2.75, 3.05) is 12.4 Å². The van der Waals surface area contributed by atoms with Gasteiger partial charge in [0, 0.05) is 36.3 Å². The monoisotopic (exact) mass is 449 g/mol. The van der Waals surface area contributed by atoms with E-state index in [0.29, 0.717) is 25.1 Å². The molecule has 0 spiro atoms. The van der Waals surface area contributed by atoms with Gasteiger partial charge in [-0.3, -0.25) is 10.4 Å². The minimum absolute atomic E-state index is 0.334. The molecule has 0 unspecified atom stereocenters. The largest absolute Gasteiger partial charge is 0.486 e. The van der Waals surface area contributed by atoms with Gasteiger partial charge >= 0.3 is 0 Å². The van der Waals surface area contributed by atoms with Crippen LogP contribution in [0.3, 0.4) is 0 Å². The smallest absolute Gasteiger partial charge is 0.124 e. The summed E-state index contributed by atoms with van der Waals surface area (Å²) in [5.41, 5.74) is 2.35. The van der Waals surface area contributed by atoms with Crippen LogP contribution in [-0.2, 0) is 0 Å². The molecule has 0 saturated carbocycles. The maximum absolute atomic E-state index is 7.83. The van der Waals surface area contributed by atoms with E-state index in [1.165, 1.54) is 0 Å². The molecule has 0 aliphatic heterocycles. The van der Waals surface area contributed by atoms with Gasteiger partial charge < -0.3 is 10.1 Å². The van der Waals surface area contributed by atoms with E-state index in [9.17, 15) is 0 Å². The highest BCUT2D eigenvalue weighted by Gasteiger charge is 2.16. The molecule has 116 valence electrons. The summed E-state index contributed by atoms with van der Waals surface area (Å²) >= 11 is 14.3. The standard InChI is InChI=1S/C15H14Cl2IN3O/c1-8(14-11(16)6-21-7-12(14)17)22-9-3-4-13(20-2)10(5-9)15(18)19/h3-8,19-20H,1-2H3/t8-/m1/s1. The molecular formula is C15H14Cl2IN3O. The molecule has 4 nitrogen and oxygen atoms in total. The predicted molar refractivity (Wildman–Crippen MR) is 100 cm³/mol. The molecule has 1 heterocycles. The number of anilines is 1. The van der Waals surface area contributed by atoms with Crippen LogP contribution in [0.5, 0.6) is 5.75 Å². The highest BCUT2D eigenvalue weighted by molar-refractivity contribution is 14.1. The lowest BCUT2D eigenvalue weighted by atomic mass is 10.1. The van der Waals surface area contributed by atoms with Gasteiger partial charge in [0.25, 0.3) is 0 Å². The van der Waals surface area contributed by atoms with Crippen LogP contribution >= 0.6 is 45.8 Å². The van der Waals surface area contributed by atoms with Crippen LogP contribution in [0.15, 0.2) is 30.6 Å². The number of benzene rings is 1. The first-order valence-corrected chi connectivity index (χ1v) is 8.29. The first-order chi connectivity index (χ1) is 10.4. The van der Waals surface area contributed by atoms with Crippen molar-refractivity contribution in [3.63, 3.8) is 0 Å². The summed E-state index contributed by atoms with van der Waals surface area (Å²) in [5.74, 6) is 0.645. The fraction of sp³-hybridized carbons (Fsp3) is 0.200. The topological polar surface area (TPSA) is 58.0 Å². The van der Waals surface area contributed by atoms with Crippen molar-refractivity contribution >= 4 is 55.2 Å². The molecule has 0 aliphatic carbocycles. The third-order valence-electron chi connectivity index (χ3n) is 3.11. The number of aromatic nitrogens is 1. The van der Waals surface area contributed by atoms with Gasteiger partial charge in [-0.2, -0.15) is 0 Å². The summed E-state index contributed by atoms with van der Waals surface area (Å²) in [6, 6.07) is 5.54. The van der Waals surface area contributed by atoms with E-state index in [4.69, 9.17) is 33.3 Å². The predicted octanol–water partition coefficient (Wildman–Crippen LogP) is 5.33. The second-order valence-electron chi connectivity index (χ2n) is 4.55. The van der Waals surface area contributed by atoms with Gasteiger partial charge in [-0.15, -0.1) is 0 Å². The Kier molecular flexibility index (Phi) is 5.88. The lowest BCUT2D eigenvalue weighted by Gasteiger charge is -2.18. The van der Waals surface area contributed by atoms with Crippen molar-refractivity contribution in [2.45, 2.75) is 13.0 Å². The van der Waals surface area contributed by atoms with Crippen LogP contribution in [0, 0.1) is 5.41 Å². The first-order valence-electron chi connectivity index (χ1n) is 6.45. The quantitative estimate of drug-likeness (QED) is 0.479. The van der Waals surface area contributed by atoms with Crippen molar-refractivity contribution in [3.05, 3.63) is 51.8 Å². The van der Waals surface area contributed by atoms with E-state index in [2.05, 4.69) is 10.3 Å². The van der Waals surface area contributed by atoms with E-state index in [1.807, 2.05) is 54.8 Å². The molecule has 0 fully saturated rings. The number of halogens is 3. The summed E-state index contributed by atoms with van der Waals surface area (Å²) in [5, 5.41) is 11.8. The van der Waals surface area contributed by atoms with Crippen LogP contribution in [0.25, 0.3) is 0 Å². The second kappa shape index (κ2) is 7.48. The van der Waals surface area contributed by atoms with E-state index in [-0.39, 0.29) is 6.10 Å². The highest BCUT2D eigenvalue weighted by Crippen LogP contribution is 2.33. The van der Waals surface area contributed by atoms with Gasteiger partial charge in [0.1, 0.15) is 15.6 Å². The van der Waals surface area contributed by atoms with Gasteiger partial charge in [-0.05, 0) is 47.7 Å². The molecule has 0 bridgehead atoms. The number of hydrogen-bond acceptors (Lipinski definition) is 4. The number of ether oxygens (including phenoxy) is 1. The molecule has 1 atom stereocenters. The van der Waals surface area contributed by atoms with E-state index in [1.54, 1.807) is 12.4 Å². The average molecular weight is 450 g/mol. The first kappa shape index (κ1) is 17.3. The van der Waals surface area contributed by atoms with Crippen molar-refractivity contribution < 1.29 is 4.74 Å². The molecule has 2 aromatic rings. The molecule has 1 aromatic heterocycles. The minimum atomic E-state index is -0.334. The number of pyridine rings is 1. The summed E-state index contributed by atoms with van der Waals surface area (Å²) in [4.78, 5) is 3.94. The van der Waals surface area contributed by atoms with Crippen LogP contribution in [-0.4, -0.2) is 15.8 Å². The Balaban J connectivity index is 2.31. The summed E-state index contributed by atoms with van der Waals surface area (Å²) < 4.78 is 6.36. The number of hydrogen-bond donors (Lipinski definition) is 2. The third kappa shape index (κ3) is 3.83. The summed E-state index contributed by atoms with van der Waals surface area (Å²) in [6.45, 7) is 1.87. The Morgan fingerprint density at radius 1 is 1.32 bits per heavy atom. The zero-order valence-electron chi connectivity index (χ0n) is 12.0. The number of nitrogens with one attached hydrogen (secondary N) is 2. The van der Waals surface area contributed by atoms with Crippen LogP contribution in [0.1, 0.15) is 24.2 Å². The Labute approximate surface area is 152 Å². The molecule has 2 rings (SSSR count). The maximum atomic E-state index is 7.83. The zero-order valence-corrected chi connectivity index (χ0v) is 15.6. The fourth-order valence-corrected chi connectivity index (χ4v) is 3.19. The molecule has 0 saturated heterocycles. The van der Waals surface area contributed by atoms with E-state index >= 15 is 0 Å². The SMILES string of the molecule is CNc1ccc(O[C@H](C)c2c(Cl)cncc2Cl)cc1C(=N)I. The Morgan fingerprint density at radius 2 is 1.95 bits per heavy atom. The van der Waals surface area contributed by atoms with Crippen LogP contribution in [0.2, 0.25) is 10.0 Å². The highest BCUT2D eigenvalue weighted by atomic mass is 127. The molecule has 2 N–H and O–H groups in total. The Hall–Kier alpha value is -1.05. The molecule has 0 radical (unpaired) electrons. The van der Waals surface area contributed by atoms with E-state index in [0.717, 1.165) is 11.3 Å². The normalized spacial score (nSPS) is 11.9. The van der Waals surface area contributed by atoms with Gasteiger partial charge in [0.2, 0.25) is 0 Å². The van der Waals surface area contributed by atoms with Crippen molar-refractivity contribution in [2.24, 2.45) is 0 Å². The summed E-state index contributed by atoms with van der Waals surface area (Å²) in [6.07, 6.45) is 2.75. The lowest BCUT2D eigenvalue weighted by molar-refractivity contribution is 0.227. The Morgan fingerprint density at radius 3 is 2.50 bits per heavy atom. The van der Waals surface area contributed by atoms with Crippen LogP contribution in [0.4, 0.5) is 5.69 Å². The van der Waals surface area contributed by atoms with Crippen LogP contribution < -0.4 is 10.1 Å². The molecule has 1 aromatic carbocycles. The Bertz CT molecular complexity index is 689. The zero-order chi connectivity index (χ0) is 16.3. The van der Waals surface area contributed by atoms with Gasteiger partial charge in [-0.25, -0.2) is 0 Å². The lowest BCUT2D eigenvalue weighted by Crippen LogP contribution is -2.06. The average Bonchev–Trinajstić information content (AvgIpc) is 2.46. The molecule has 22 heavy (non-hydrogen) atoms. The molecule has 0 amide bonds. The van der Waals surface area contributed by atoms with Gasteiger partial charge in [-0.1, -0.05) is 23.2 Å². The molecule has 0 aliphatic rings. The fourth-order valence-electron chi connectivity index (χ4n) is 2.07. The second-order valence-corrected chi connectivity index (χ2v) is 6.44. The minimum Gasteiger partial charge on any atom is -0.486 e. The van der Waals surface area contributed by atoms with Gasteiger partial charge in [0.05, 0.1) is 10.0 Å². The van der Waals surface area contributed by atoms with Crippen molar-refractivity contribution in [1.82, 2.24) is 4.98 Å². The van der Waals surface area contributed by atoms with Gasteiger partial charge in [0.15, 0.2) is 0 Å².